The number of Topliss-reactive ketones (excluding diaryl/α,β-unsaturated/α-hetero) is 2. The van der Waals surface area contributed by atoms with Crippen LogP contribution in [0.4, 0.5) is 11.4 Å². The molecule has 5 rings (SSSR count). The van der Waals surface area contributed by atoms with Crippen molar-refractivity contribution in [2.45, 2.75) is 72.6 Å². The van der Waals surface area contributed by atoms with Crippen molar-refractivity contribution in [1.82, 2.24) is 4.90 Å². The molecule has 1 heterocycles. The van der Waals surface area contributed by atoms with Gasteiger partial charge in [0, 0.05) is 53.9 Å². The first-order valence-corrected chi connectivity index (χ1v) is 15.4. The topological polar surface area (TPSA) is 179 Å². The summed E-state index contributed by atoms with van der Waals surface area (Å²) >= 11 is 0. The van der Waals surface area contributed by atoms with Gasteiger partial charge in [-0.2, -0.15) is 0 Å². The number of nitrogens with zero attached hydrogens (tertiary/aromatic N) is 3. The van der Waals surface area contributed by atoms with E-state index in [1.165, 1.54) is 6.07 Å². The summed E-state index contributed by atoms with van der Waals surface area (Å²) in [6.45, 7) is 10.0. The Morgan fingerprint density at radius 3 is 1.96 bits per heavy atom. The van der Waals surface area contributed by atoms with Gasteiger partial charge < -0.3 is 19.5 Å². The Balaban J connectivity index is 1.68. The van der Waals surface area contributed by atoms with Gasteiger partial charge in [-0.1, -0.05) is 33.8 Å². The van der Waals surface area contributed by atoms with Crippen LogP contribution in [0, 0.1) is 31.1 Å². The highest BCUT2D eigenvalue weighted by atomic mass is 16.6. The van der Waals surface area contributed by atoms with Crippen molar-refractivity contribution in [1.29, 1.82) is 0 Å². The van der Waals surface area contributed by atoms with E-state index in [9.17, 15) is 39.7 Å². The Labute approximate surface area is 271 Å². The third-order valence-electron chi connectivity index (χ3n) is 8.74. The molecule has 0 bridgehead atoms. The fraction of sp³-hybridized carbons (Fsp3) is 0.441. The second kappa shape index (κ2) is 12.3. The summed E-state index contributed by atoms with van der Waals surface area (Å²) in [6.07, 6.45) is 1.36. The molecule has 13 nitrogen and oxygen atoms in total. The average Bonchev–Trinajstić information content (AvgIpc) is 2.95. The third-order valence-corrected chi connectivity index (χ3v) is 8.74. The number of allylic oxidation sites excluding steroid dienone is 4. The number of hydrogen-bond donors (Lipinski definition) is 1. The maximum Gasteiger partial charge on any atom is 0.318 e. The predicted octanol–water partition coefficient (Wildman–Crippen LogP) is 6.85. The maximum absolute atomic E-state index is 14.0. The van der Waals surface area contributed by atoms with Crippen molar-refractivity contribution in [3.05, 3.63) is 84.7 Å². The first-order chi connectivity index (χ1) is 22.0. The van der Waals surface area contributed by atoms with Crippen LogP contribution in [0.3, 0.4) is 0 Å². The van der Waals surface area contributed by atoms with Gasteiger partial charge in [-0.3, -0.25) is 34.6 Å². The molecule has 2 aromatic carbocycles. The van der Waals surface area contributed by atoms with Gasteiger partial charge in [0.05, 0.1) is 28.9 Å². The summed E-state index contributed by atoms with van der Waals surface area (Å²) in [5.41, 5.74) is 1.11. The fourth-order valence-electron chi connectivity index (χ4n) is 6.88. The molecule has 1 N–H and O–H groups in total. The predicted molar refractivity (Wildman–Crippen MR) is 169 cm³/mol. The monoisotopic (exact) mass is 647 g/mol. The number of carbonyl (C=O) groups is 3. The van der Waals surface area contributed by atoms with Gasteiger partial charge in [0.15, 0.2) is 23.1 Å². The molecule has 248 valence electrons. The molecule has 2 aliphatic carbocycles. The van der Waals surface area contributed by atoms with Gasteiger partial charge in [-0.15, -0.1) is 0 Å². The first-order valence-electron chi connectivity index (χ1n) is 15.4. The molecule has 3 aliphatic rings. The van der Waals surface area contributed by atoms with E-state index in [2.05, 4.69) is 0 Å². The number of nitro benzene ring substituents is 2. The zero-order chi connectivity index (χ0) is 34.4. The zero-order valence-electron chi connectivity index (χ0n) is 27.0. The number of ketones is 2. The van der Waals surface area contributed by atoms with E-state index in [-0.39, 0.29) is 72.1 Å². The van der Waals surface area contributed by atoms with E-state index in [1.54, 1.807) is 19.1 Å². The van der Waals surface area contributed by atoms with Crippen molar-refractivity contribution in [2.75, 3.05) is 13.2 Å². The lowest BCUT2D eigenvalue weighted by atomic mass is 9.63. The van der Waals surface area contributed by atoms with E-state index < -0.39 is 33.1 Å². The summed E-state index contributed by atoms with van der Waals surface area (Å²) in [4.78, 5) is 63.1. The van der Waals surface area contributed by atoms with Crippen LogP contribution < -0.4 is 9.47 Å². The highest BCUT2D eigenvalue weighted by Gasteiger charge is 2.49. The molecule has 0 fully saturated rings. The standard InChI is InChI=1S/C34H37N3O10/c1-6-46-28-13-19(7-9-27(28)47-26-10-8-20(36(42)43)14-21(26)37(44)45)30-31-22(15-33(2,3)17-24(31)38)35(12-11-29(40)41)23-16-34(4,5)18-25(39)32(23)30/h7-10,13-14,30H,6,11-12,15-18H2,1-5H3,(H,40,41). The molecule has 0 atom stereocenters. The van der Waals surface area contributed by atoms with E-state index in [0.717, 1.165) is 29.6 Å². The summed E-state index contributed by atoms with van der Waals surface area (Å²) in [5.74, 6) is -1.90. The SMILES string of the molecule is CCOc1cc(C2C3=C(CC(C)(C)CC3=O)N(CCC(=O)O)C3=C2C(=O)CC(C)(C)C3)ccc1Oc1ccc([N+](=O)[O-])cc1[N+](=O)[O-]. The Morgan fingerprint density at radius 2 is 1.45 bits per heavy atom. The minimum Gasteiger partial charge on any atom is -0.490 e. The largest absolute Gasteiger partial charge is 0.490 e. The number of carboxylic acids is 1. The summed E-state index contributed by atoms with van der Waals surface area (Å²) in [7, 11) is 0. The van der Waals surface area contributed by atoms with Crippen LogP contribution in [0.1, 0.15) is 78.2 Å². The van der Waals surface area contributed by atoms with Crippen LogP contribution >= 0.6 is 0 Å². The molecule has 0 saturated heterocycles. The Kier molecular flexibility index (Phi) is 8.69. The van der Waals surface area contributed by atoms with Gasteiger partial charge >= 0.3 is 11.7 Å². The normalized spacial score (nSPS) is 18.9. The van der Waals surface area contributed by atoms with E-state index in [0.29, 0.717) is 29.6 Å². The lowest BCUT2D eigenvalue weighted by molar-refractivity contribution is -0.394. The van der Waals surface area contributed by atoms with Crippen molar-refractivity contribution in [2.24, 2.45) is 10.8 Å². The molecule has 0 spiro atoms. The molecule has 0 amide bonds. The molecule has 0 radical (unpaired) electrons. The Hall–Kier alpha value is -5.07. The van der Waals surface area contributed by atoms with Crippen LogP contribution in [0.5, 0.6) is 17.2 Å². The van der Waals surface area contributed by atoms with Crippen LogP contribution in [0.15, 0.2) is 58.9 Å². The van der Waals surface area contributed by atoms with Crippen LogP contribution in [-0.2, 0) is 14.4 Å². The quantitative estimate of drug-likeness (QED) is 0.210. The average molecular weight is 648 g/mol. The molecular formula is C34H37N3O10. The van der Waals surface area contributed by atoms with Gasteiger partial charge in [-0.05, 0) is 54.4 Å². The Bertz CT molecular complexity index is 1720. The zero-order valence-corrected chi connectivity index (χ0v) is 27.0. The second-order valence-electron chi connectivity index (χ2n) is 13.7. The number of nitro groups is 2. The summed E-state index contributed by atoms with van der Waals surface area (Å²) in [6, 6.07) is 7.94. The minimum absolute atomic E-state index is 0.0991. The Morgan fingerprint density at radius 1 is 0.872 bits per heavy atom. The molecule has 2 aromatic rings. The number of aliphatic carboxylic acids is 1. The van der Waals surface area contributed by atoms with Crippen molar-refractivity contribution >= 4 is 28.9 Å². The third kappa shape index (κ3) is 6.60. The van der Waals surface area contributed by atoms with Gasteiger partial charge in [0.2, 0.25) is 5.75 Å². The van der Waals surface area contributed by atoms with Crippen molar-refractivity contribution in [3.8, 4) is 17.2 Å². The number of carboxylic acid groups (broad SMARTS) is 1. The van der Waals surface area contributed by atoms with Gasteiger partial charge in [-0.25, -0.2) is 0 Å². The van der Waals surface area contributed by atoms with Gasteiger partial charge in [0.1, 0.15) is 0 Å². The minimum atomic E-state index is -0.982. The van der Waals surface area contributed by atoms with E-state index >= 15 is 0 Å². The number of carbonyl (C=O) groups excluding carboxylic acids is 2. The van der Waals surface area contributed by atoms with Crippen LogP contribution in [0.25, 0.3) is 0 Å². The maximum atomic E-state index is 14.0. The first kappa shape index (κ1) is 33.3. The molecule has 0 aromatic heterocycles. The molecule has 13 heteroatoms. The van der Waals surface area contributed by atoms with Crippen molar-refractivity contribution in [3.63, 3.8) is 0 Å². The molecular weight excluding hydrogens is 610 g/mol. The number of ether oxygens (including phenoxy) is 2. The number of hydrogen-bond acceptors (Lipinski definition) is 10. The lowest BCUT2D eigenvalue weighted by Crippen LogP contribution is -2.45. The number of rotatable bonds is 10. The van der Waals surface area contributed by atoms with Crippen LogP contribution in [0.2, 0.25) is 0 Å². The number of non-ortho nitro benzene ring substituents is 1. The smallest absolute Gasteiger partial charge is 0.318 e. The van der Waals surface area contributed by atoms with Gasteiger partial charge in [0.25, 0.3) is 5.69 Å². The fourth-order valence-corrected chi connectivity index (χ4v) is 6.88. The van der Waals surface area contributed by atoms with Crippen molar-refractivity contribution < 1.29 is 38.8 Å². The van der Waals surface area contributed by atoms with E-state index in [1.807, 2.05) is 32.6 Å². The highest BCUT2D eigenvalue weighted by molar-refractivity contribution is 6.06. The highest BCUT2D eigenvalue weighted by Crippen LogP contribution is 2.55. The molecule has 0 unspecified atom stereocenters. The molecule has 0 saturated carbocycles. The summed E-state index contributed by atoms with van der Waals surface area (Å²) in [5, 5.41) is 32.6. The molecule has 1 aliphatic heterocycles. The lowest BCUT2D eigenvalue weighted by Gasteiger charge is -2.49. The summed E-state index contributed by atoms with van der Waals surface area (Å²) < 4.78 is 11.8. The number of benzene rings is 2. The van der Waals surface area contributed by atoms with Crippen LogP contribution in [-0.4, -0.2) is 50.5 Å². The molecule has 47 heavy (non-hydrogen) atoms. The van der Waals surface area contributed by atoms with E-state index in [4.69, 9.17) is 9.47 Å². The second-order valence-corrected chi connectivity index (χ2v) is 13.7.